The second-order valence-electron chi connectivity index (χ2n) is 4.45. The maximum Gasteiger partial charge on any atom is 0.141 e. The second kappa shape index (κ2) is 5.28. The fourth-order valence-electron chi connectivity index (χ4n) is 2.05. The van der Waals surface area contributed by atoms with Crippen LogP contribution in [0.3, 0.4) is 0 Å². The smallest absolute Gasteiger partial charge is 0.141 e. The largest absolute Gasteiger partial charge is 0.299 e. The molecule has 0 unspecified atom stereocenters. The number of hydrogen-bond donors (Lipinski definition) is 0. The highest BCUT2D eigenvalue weighted by atomic mass is 32.1. The standard InChI is InChI=1S/C15H12N2OS/c18-13(8-11-4-2-1-3-5-11)9-12-6-7-14-15(10-12)19-17-16-14/h1-7,10H,8-9H2. The Hall–Kier alpha value is -2.07. The van der Waals surface area contributed by atoms with Crippen molar-refractivity contribution in [3.8, 4) is 0 Å². The Morgan fingerprint density at radius 3 is 2.63 bits per heavy atom. The van der Waals surface area contributed by atoms with Gasteiger partial charge in [0, 0.05) is 12.8 Å². The Balaban J connectivity index is 1.72. The van der Waals surface area contributed by atoms with Gasteiger partial charge in [0.05, 0.1) is 4.70 Å². The molecule has 0 bridgehead atoms. The number of ketones is 1. The first-order valence-electron chi connectivity index (χ1n) is 6.08. The van der Waals surface area contributed by atoms with Gasteiger partial charge in [-0.15, -0.1) is 5.10 Å². The zero-order chi connectivity index (χ0) is 13.1. The van der Waals surface area contributed by atoms with Gasteiger partial charge in [0.2, 0.25) is 0 Å². The van der Waals surface area contributed by atoms with Gasteiger partial charge in [0.15, 0.2) is 0 Å². The van der Waals surface area contributed by atoms with Crippen LogP contribution in [0.5, 0.6) is 0 Å². The molecule has 3 nitrogen and oxygen atoms in total. The minimum Gasteiger partial charge on any atom is -0.299 e. The van der Waals surface area contributed by atoms with Gasteiger partial charge in [0.1, 0.15) is 11.3 Å². The summed E-state index contributed by atoms with van der Waals surface area (Å²) in [5.74, 6) is 0.225. The molecule has 0 fully saturated rings. The molecule has 94 valence electrons. The molecule has 2 aromatic carbocycles. The molecule has 0 radical (unpaired) electrons. The maximum absolute atomic E-state index is 12.0. The van der Waals surface area contributed by atoms with E-state index in [0.29, 0.717) is 12.8 Å². The van der Waals surface area contributed by atoms with Gasteiger partial charge < -0.3 is 0 Å². The van der Waals surface area contributed by atoms with Crippen LogP contribution in [-0.4, -0.2) is 15.4 Å². The van der Waals surface area contributed by atoms with E-state index in [1.807, 2.05) is 48.5 Å². The normalized spacial score (nSPS) is 10.7. The van der Waals surface area contributed by atoms with Crippen molar-refractivity contribution in [1.82, 2.24) is 9.59 Å². The fourth-order valence-corrected chi connectivity index (χ4v) is 2.67. The summed E-state index contributed by atoms with van der Waals surface area (Å²) >= 11 is 1.36. The fraction of sp³-hybridized carbons (Fsp3) is 0.133. The van der Waals surface area contributed by atoms with Crippen molar-refractivity contribution in [2.45, 2.75) is 12.8 Å². The zero-order valence-corrected chi connectivity index (χ0v) is 11.1. The minimum absolute atomic E-state index is 0.225. The summed E-state index contributed by atoms with van der Waals surface area (Å²) in [6, 6.07) is 15.7. The van der Waals surface area contributed by atoms with E-state index in [0.717, 1.165) is 21.3 Å². The molecule has 0 spiro atoms. The number of Topliss-reactive ketones (excluding diaryl/α,β-unsaturated/α-hetero) is 1. The number of aromatic nitrogens is 2. The maximum atomic E-state index is 12.0. The van der Waals surface area contributed by atoms with Crippen LogP contribution in [0.1, 0.15) is 11.1 Å². The monoisotopic (exact) mass is 268 g/mol. The molecule has 0 aliphatic heterocycles. The highest BCUT2D eigenvalue weighted by molar-refractivity contribution is 7.12. The highest BCUT2D eigenvalue weighted by Gasteiger charge is 2.07. The lowest BCUT2D eigenvalue weighted by Gasteiger charge is -2.02. The summed E-state index contributed by atoms with van der Waals surface area (Å²) < 4.78 is 4.93. The molecule has 0 saturated heterocycles. The van der Waals surface area contributed by atoms with E-state index >= 15 is 0 Å². The lowest BCUT2D eigenvalue weighted by atomic mass is 10.0. The van der Waals surface area contributed by atoms with Gasteiger partial charge in [-0.2, -0.15) is 0 Å². The predicted octanol–water partition coefficient (Wildman–Crippen LogP) is 3.05. The summed E-state index contributed by atoms with van der Waals surface area (Å²) in [7, 11) is 0. The van der Waals surface area contributed by atoms with Crippen LogP contribution < -0.4 is 0 Å². The van der Waals surface area contributed by atoms with E-state index in [-0.39, 0.29) is 5.78 Å². The first-order chi connectivity index (χ1) is 9.31. The van der Waals surface area contributed by atoms with Gasteiger partial charge in [-0.3, -0.25) is 4.79 Å². The highest BCUT2D eigenvalue weighted by Crippen LogP contribution is 2.17. The van der Waals surface area contributed by atoms with Crippen LogP contribution in [0.15, 0.2) is 48.5 Å². The van der Waals surface area contributed by atoms with Gasteiger partial charge in [-0.05, 0) is 34.8 Å². The van der Waals surface area contributed by atoms with Crippen LogP contribution >= 0.6 is 11.5 Å². The van der Waals surface area contributed by atoms with E-state index in [1.165, 1.54) is 11.5 Å². The summed E-state index contributed by atoms with van der Waals surface area (Å²) in [6.45, 7) is 0. The third-order valence-electron chi connectivity index (χ3n) is 2.96. The van der Waals surface area contributed by atoms with Crippen LogP contribution in [0.25, 0.3) is 10.2 Å². The molecule has 0 atom stereocenters. The number of benzene rings is 2. The molecule has 4 heteroatoms. The summed E-state index contributed by atoms with van der Waals surface area (Å²) in [4.78, 5) is 12.0. The minimum atomic E-state index is 0.225. The molecular weight excluding hydrogens is 256 g/mol. The van der Waals surface area contributed by atoms with Gasteiger partial charge in [-0.1, -0.05) is 40.9 Å². The average Bonchev–Trinajstić information content (AvgIpc) is 2.87. The predicted molar refractivity (Wildman–Crippen MR) is 76.3 cm³/mol. The molecule has 0 aliphatic rings. The van der Waals surface area contributed by atoms with Gasteiger partial charge in [-0.25, -0.2) is 0 Å². The van der Waals surface area contributed by atoms with Crippen LogP contribution in [0, 0.1) is 0 Å². The van der Waals surface area contributed by atoms with E-state index in [4.69, 9.17) is 0 Å². The van der Waals surface area contributed by atoms with Crippen molar-refractivity contribution in [2.24, 2.45) is 0 Å². The van der Waals surface area contributed by atoms with Gasteiger partial charge >= 0.3 is 0 Å². The molecule has 0 aliphatic carbocycles. The number of fused-ring (bicyclic) bond motifs is 1. The Kier molecular flexibility index (Phi) is 3.33. The Morgan fingerprint density at radius 1 is 1.00 bits per heavy atom. The Labute approximate surface area is 115 Å². The van der Waals surface area contributed by atoms with E-state index < -0.39 is 0 Å². The van der Waals surface area contributed by atoms with Gasteiger partial charge in [0.25, 0.3) is 0 Å². The quantitative estimate of drug-likeness (QED) is 0.730. The molecule has 1 heterocycles. The van der Waals surface area contributed by atoms with Crippen molar-refractivity contribution in [1.29, 1.82) is 0 Å². The molecule has 3 rings (SSSR count). The molecule has 0 N–H and O–H groups in total. The average molecular weight is 268 g/mol. The van der Waals surface area contributed by atoms with Crippen molar-refractivity contribution in [2.75, 3.05) is 0 Å². The lowest BCUT2D eigenvalue weighted by Crippen LogP contribution is -2.06. The number of carbonyl (C=O) groups is 1. The molecule has 3 aromatic rings. The number of rotatable bonds is 4. The van der Waals surface area contributed by atoms with Crippen molar-refractivity contribution < 1.29 is 4.79 Å². The van der Waals surface area contributed by atoms with Crippen LogP contribution in [0.2, 0.25) is 0 Å². The Morgan fingerprint density at radius 2 is 1.79 bits per heavy atom. The molecule has 0 saturated carbocycles. The van der Waals surface area contributed by atoms with E-state index in [1.54, 1.807) is 0 Å². The third-order valence-corrected chi connectivity index (χ3v) is 3.64. The van der Waals surface area contributed by atoms with E-state index in [9.17, 15) is 4.79 Å². The Bertz CT molecular complexity index is 706. The SMILES string of the molecule is O=C(Cc1ccccc1)Cc1ccc2nnsc2c1. The molecule has 19 heavy (non-hydrogen) atoms. The van der Waals surface area contributed by atoms with E-state index in [2.05, 4.69) is 9.59 Å². The number of carbonyl (C=O) groups excluding carboxylic acids is 1. The van der Waals surface area contributed by atoms with Crippen molar-refractivity contribution >= 4 is 27.5 Å². The summed E-state index contributed by atoms with van der Waals surface area (Å²) in [6.07, 6.45) is 0.947. The van der Waals surface area contributed by atoms with Crippen LogP contribution in [-0.2, 0) is 17.6 Å². The van der Waals surface area contributed by atoms with Crippen LogP contribution in [0.4, 0.5) is 0 Å². The zero-order valence-electron chi connectivity index (χ0n) is 10.2. The van der Waals surface area contributed by atoms with Crippen molar-refractivity contribution in [3.05, 3.63) is 59.7 Å². The topological polar surface area (TPSA) is 42.9 Å². The summed E-state index contributed by atoms with van der Waals surface area (Å²) in [5.41, 5.74) is 2.98. The third kappa shape index (κ3) is 2.85. The first kappa shape index (κ1) is 12.0. The second-order valence-corrected chi connectivity index (χ2v) is 5.24. The first-order valence-corrected chi connectivity index (χ1v) is 6.85. The molecule has 1 aromatic heterocycles. The molecular formula is C15H12N2OS. The lowest BCUT2D eigenvalue weighted by molar-refractivity contribution is -0.117. The summed E-state index contributed by atoms with van der Waals surface area (Å²) in [5, 5.41) is 3.99. The number of nitrogens with zero attached hydrogens (tertiary/aromatic N) is 2. The number of hydrogen-bond acceptors (Lipinski definition) is 4. The molecule has 0 amide bonds. The van der Waals surface area contributed by atoms with Crippen molar-refractivity contribution in [3.63, 3.8) is 0 Å².